The number of nitrogens with one attached hydrogen (secondary N) is 1. The molecule has 0 aliphatic heterocycles. The predicted octanol–water partition coefficient (Wildman–Crippen LogP) is 4.51. The summed E-state index contributed by atoms with van der Waals surface area (Å²) in [7, 11) is 1.87. The monoisotopic (exact) mass is 539 g/mol. The minimum absolute atomic E-state index is 0. The molecule has 38 heavy (non-hydrogen) atoms. The first-order chi connectivity index (χ1) is 17.9. The Hall–Kier alpha value is -3.39. The number of likely N-dealkylation sites (N-methyl/N-ethyl adjacent to an activating group) is 1. The van der Waals surface area contributed by atoms with Crippen LogP contribution in [-0.4, -0.2) is 59.6 Å². The van der Waals surface area contributed by atoms with E-state index in [-0.39, 0.29) is 43.4 Å². The molecule has 0 fully saturated rings. The molecule has 1 aliphatic rings. The van der Waals surface area contributed by atoms with E-state index in [0.717, 1.165) is 48.9 Å². The van der Waals surface area contributed by atoms with Crippen LogP contribution in [0.2, 0.25) is 0 Å². The first-order valence-electron chi connectivity index (χ1n) is 13.1. The minimum Gasteiger partial charge on any atom is -0.355 e. The van der Waals surface area contributed by atoms with Crippen molar-refractivity contribution in [3.63, 3.8) is 0 Å². The first-order valence-corrected chi connectivity index (χ1v) is 13.1. The third-order valence-electron chi connectivity index (χ3n) is 7.06. The number of hydrogen-bond donors (Lipinski definition) is 1. The molecule has 1 heterocycles. The van der Waals surface area contributed by atoms with E-state index in [1.165, 1.54) is 11.1 Å². The van der Waals surface area contributed by atoms with Crippen LogP contribution in [0, 0.1) is 13.8 Å². The molecule has 0 saturated carbocycles. The fourth-order valence-corrected chi connectivity index (χ4v) is 4.91. The second kappa shape index (κ2) is 13.4. The maximum Gasteiger partial charge on any atom is 0.242 e. The maximum atomic E-state index is 13.5. The summed E-state index contributed by atoms with van der Waals surface area (Å²) in [5.41, 5.74) is 5.21. The zero-order valence-corrected chi connectivity index (χ0v) is 23.5. The van der Waals surface area contributed by atoms with Gasteiger partial charge in [0.2, 0.25) is 23.5 Å². The van der Waals surface area contributed by atoms with Crippen LogP contribution in [0.4, 0.5) is 5.69 Å². The Bertz CT molecular complexity index is 1220. The van der Waals surface area contributed by atoms with Gasteiger partial charge in [0.25, 0.3) is 0 Å². The molecular weight excluding hydrogens is 502 g/mol. The van der Waals surface area contributed by atoms with Crippen LogP contribution in [0.3, 0.4) is 0 Å². The van der Waals surface area contributed by atoms with Crippen LogP contribution in [-0.2, 0) is 22.4 Å². The van der Waals surface area contributed by atoms with Gasteiger partial charge in [-0.15, -0.1) is 12.4 Å². The summed E-state index contributed by atoms with van der Waals surface area (Å²) in [6.45, 7) is 6.73. The van der Waals surface area contributed by atoms with Crippen LogP contribution in [0.25, 0.3) is 11.4 Å². The number of aryl methyl sites for hydroxylation is 2. The Morgan fingerprint density at radius 3 is 2.37 bits per heavy atom. The number of rotatable bonds is 11. The second-order valence-corrected chi connectivity index (χ2v) is 9.89. The largest absolute Gasteiger partial charge is 0.355 e. The number of carbonyl (C=O) groups is 2. The third kappa shape index (κ3) is 7.13. The zero-order chi connectivity index (χ0) is 26.4. The van der Waals surface area contributed by atoms with Gasteiger partial charge in [-0.3, -0.25) is 9.59 Å². The van der Waals surface area contributed by atoms with Crippen molar-refractivity contribution < 1.29 is 14.1 Å². The molecule has 0 spiro atoms. The Morgan fingerprint density at radius 2 is 1.76 bits per heavy atom. The van der Waals surface area contributed by atoms with Crippen molar-refractivity contribution in [2.45, 2.75) is 58.9 Å². The van der Waals surface area contributed by atoms with Gasteiger partial charge in [-0.1, -0.05) is 49.2 Å². The lowest BCUT2D eigenvalue weighted by Gasteiger charge is -2.30. The third-order valence-corrected chi connectivity index (χ3v) is 7.06. The summed E-state index contributed by atoms with van der Waals surface area (Å²) in [5.74, 6) is 0.927. The molecular formula is C29H38ClN5O3. The van der Waals surface area contributed by atoms with Crippen molar-refractivity contribution in [2.24, 2.45) is 0 Å². The van der Waals surface area contributed by atoms with Gasteiger partial charge in [-0.2, -0.15) is 4.98 Å². The van der Waals surface area contributed by atoms with Crippen LogP contribution in [0.15, 0.2) is 47.0 Å². The number of nitrogens with zero attached hydrogens (tertiary/aromatic N) is 4. The summed E-state index contributed by atoms with van der Waals surface area (Å²) in [6, 6.07) is 14.3. The lowest BCUT2D eigenvalue weighted by molar-refractivity contribution is -0.130. The average molecular weight is 540 g/mol. The summed E-state index contributed by atoms with van der Waals surface area (Å²) < 4.78 is 5.12. The Labute approximate surface area is 231 Å². The number of halogens is 1. The lowest BCUT2D eigenvalue weighted by Crippen LogP contribution is -2.46. The van der Waals surface area contributed by atoms with Crippen molar-refractivity contribution in [3.8, 4) is 11.4 Å². The van der Waals surface area contributed by atoms with E-state index >= 15 is 0 Å². The molecule has 8 nitrogen and oxygen atoms in total. The number of carbonyl (C=O) groups excluding carboxylic acids is 2. The molecule has 3 aromatic rings. The molecule has 0 saturated heterocycles. The van der Waals surface area contributed by atoms with Crippen LogP contribution >= 0.6 is 12.4 Å². The summed E-state index contributed by atoms with van der Waals surface area (Å²) in [4.78, 5) is 34.3. The van der Waals surface area contributed by atoms with Gasteiger partial charge in [0.1, 0.15) is 0 Å². The maximum absolute atomic E-state index is 13.5. The summed E-state index contributed by atoms with van der Waals surface area (Å²) >= 11 is 0. The predicted molar refractivity (Wildman–Crippen MR) is 152 cm³/mol. The van der Waals surface area contributed by atoms with Crippen LogP contribution < -0.4 is 10.2 Å². The number of aromatic nitrogens is 2. The molecule has 0 bridgehead atoms. The van der Waals surface area contributed by atoms with E-state index in [9.17, 15) is 9.59 Å². The Balaban J connectivity index is 0.00000400. The minimum atomic E-state index is -0.0860. The molecule has 0 unspecified atom stereocenters. The van der Waals surface area contributed by atoms with Crippen molar-refractivity contribution >= 4 is 29.9 Å². The molecule has 0 atom stereocenters. The molecule has 4 rings (SSSR count). The average Bonchev–Trinajstić information content (AvgIpc) is 3.52. The lowest BCUT2D eigenvalue weighted by atomic mass is 10.1. The zero-order valence-electron chi connectivity index (χ0n) is 22.7. The normalized spacial score (nSPS) is 12.5. The fourth-order valence-electron chi connectivity index (χ4n) is 4.91. The highest BCUT2D eigenvalue weighted by Crippen LogP contribution is 2.27. The van der Waals surface area contributed by atoms with Gasteiger partial charge in [-0.05, 0) is 61.1 Å². The highest BCUT2D eigenvalue weighted by Gasteiger charge is 2.29. The van der Waals surface area contributed by atoms with Gasteiger partial charge in [0.05, 0.1) is 13.1 Å². The summed E-state index contributed by atoms with van der Waals surface area (Å²) in [5, 5.41) is 7.02. The summed E-state index contributed by atoms with van der Waals surface area (Å²) in [6.07, 6.45) is 4.83. The van der Waals surface area contributed by atoms with Crippen LogP contribution in [0.1, 0.15) is 48.8 Å². The number of amides is 2. The van der Waals surface area contributed by atoms with E-state index in [0.29, 0.717) is 18.3 Å². The van der Waals surface area contributed by atoms with Crippen molar-refractivity contribution in [3.05, 3.63) is 65.0 Å². The SMILES string of the molecule is CCCCCNC(=O)CN(CC(=O)N(C)C1Cc2ccccc2C1)c1ccc(-c2noc(C)n2)cc1C.Cl. The van der Waals surface area contributed by atoms with E-state index in [1.54, 1.807) is 6.92 Å². The van der Waals surface area contributed by atoms with Crippen molar-refractivity contribution in [1.29, 1.82) is 0 Å². The topological polar surface area (TPSA) is 91.6 Å². The van der Waals surface area contributed by atoms with Gasteiger partial charge in [0, 0.05) is 37.8 Å². The smallest absolute Gasteiger partial charge is 0.242 e. The first kappa shape index (κ1) is 29.2. The number of anilines is 1. The molecule has 204 valence electrons. The van der Waals surface area contributed by atoms with E-state index in [2.05, 4.69) is 34.5 Å². The standard InChI is InChI=1S/C29H37N5O3.ClH/c1-5-6-9-14-30-27(35)18-34(26-13-12-24(15-20(26)2)29-31-21(3)37-32-29)19-28(36)33(4)25-16-22-10-7-8-11-23(22)17-25;/h7-8,10-13,15,25H,5-6,9,14,16-19H2,1-4H3,(H,30,35);1H. The molecule has 1 aromatic heterocycles. The Morgan fingerprint density at radius 1 is 1.05 bits per heavy atom. The second-order valence-electron chi connectivity index (χ2n) is 9.89. The van der Waals surface area contributed by atoms with E-state index in [4.69, 9.17) is 4.52 Å². The van der Waals surface area contributed by atoms with Gasteiger partial charge in [0.15, 0.2) is 0 Å². The van der Waals surface area contributed by atoms with Gasteiger partial charge in [-0.25, -0.2) is 0 Å². The van der Waals surface area contributed by atoms with Crippen LogP contribution in [0.5, 0.6) is 0 Å². The molecule has 1 aliphatic carbocycles. The molecule has 1 N–H and O–H groups in total. The number of hydrogen-bond acceptors (Lipinski definition) is 6. The van der Waals surface area contributed by atoms with Crippen molar-refractivity contribution in [2.75, 3.05) is 31.6 Å². The molecule has 9 heteroatoms. The Kier molecular flexibility index (Phi) is 10.3. The van der Waals surface area contributed by atoms with Crippen molar-refractivity contribution in [1.82, 2.24) is 20.4 Å². The van der Waals surface area contributed by atoms with Gasteiger partial charge < -0.3 is 19.6 Å². The van der Waals surface area contributed by atoms with E-state index < -0.39 is 0 Å². The van der Waals surface area contributed by atoms with E-state index in [1.807, 2.05) is 54.1 Å². The number of benzene rings is 2. The number of unbranched alkanes of at least 4 members (excludes halogenated alkanes) is 2. The molecule has 2 aromatic carbocycles. The molecule has 2 amide bonds. The molecule has 0 radical (unpaired) electrons. The number of fused-ring (bicyclic) bond motifs is 1. The van der Waals surface area contributed by atoms with Gasteiger partial charge >= 0.3 is 0 Å². The fraction of sp³-hybridized carbons (Fsp3) is 0.448. The highest BCUT2D eigenvalue weighted by atomic mass is 35.5. The highest BCUT2D eigenvalue weighted by molar-refractivity contribution is 5.87. The quantitative estimate of drug-likeness (QED) is 0.360.